The quantitative estimate of drug-likeness (QED) is 0.841. The largest absolute Gasteiger partial charge is 0.369 e. The molecule has 0 aliphatic heterocycles. The van der Waals surface area contributed by atoms with Crippen LogP contribution in [0.15, 0.2) is 10.8 Å². The molecule has 3 unspecified atom stereocenters. The van der Waals surface area contributed by atoms with Gasteiger partial charge < -0.3 is 10.2 Å². The van der Waals surface area contributed by atoms with Crippen molar-refractivity contribution in [1.29, 1.82) is 0 Å². The van der Waals surface area contributed by atoms with Crippen molar-refractivity contribution in [2.45, 2.75) is 39.0 Å². The molecule has 2 bridgehead atoms. The Morgan fingerprint density at radius 3 is 2.86 bits per heavy atom. The highest BCUT2D eigenvalue weighted by Gasteiger charge is 2.39. The lowest BCUT2D eigenvalue weighted by atomic mass is 9.88. The van der Waals surface area contributed by atoms with Crippen molar-refractivity contribution in [1.82, 2.24) is 9.97 Å². The summed E-state index contributed by atoms with van der Waals surface area (Å²) in [6.07, 6.45) is 8.54. The SMILES string of the molecule is CCCNc1ncnc(N(C)CC2CC3CCC2C3)c1Br. The third-order valence-corrected chi connectivity index (χ3v) is 5.80. The van der Waals surface area contributed by atoms with Crippen molar-refractivity contribution in [2.24, 2.45) is 17.8 Å². The van der Waals surface area contributed by atoms with E-state index in [-0.39, 0.29) is 0 Å². The highest BCUT2D eigenvalue weighted by Crippen LogP contribution is 2.48. The maximum Gasteiger partial charge on any atom is 0.148 e. The Morgan fingerprint density at radius 1 is 1.33 bits per heavy atom. The summed E-state index contributed by atoms with van der Waals surface area (Å²) in [6, 6.07) is 0. The van der Waals surface area contributed by atoms with E-state index in [1.807, 2.05) is 0 Å². The molecule has 0 spiro atoms. The maximum absolute atomic E-state index is 4.48. The lowest BCUT2D eigenvalue weighted by Gasteiger charge is -2.28. The number of nitrogens with one attached hydrogen (secondary N) is 1. The summed E-state index contributed by atoms with van der Waals surface area (Å²) in [5, 5.41) is 3.35. The maximum atomic E-state index is 4.48. The zero-order chi connectivity index (χ0) is 14.8. The molecule has 2 aliphatic carbocycles. The lowest BCUT2D eigenvalue weighted by Crippen LogP contribution is -2.29. The first-order chi connectivity index (χ1) is 10.2. The summed E-state index contributed by atoms with van der Waals surface area (Å²) in [4.78, 5) is 11.1. The minimum atomic E-state index is 0.850. The topological polar surface area (TPSA) is 41.1 Å². The van der Waals surface area contributed by atoms with Crippen LogP contribution in [0.25, 0.3) is 0 Å². The van der Waals surface area contributed by atoms with Crippen molar-refractivity contribution in [3.05, 3.63) is 10.8 Å². The average molecular weight is 353 g/mol. The summed E-state index contributed by atoms with van der Waals surface area (Å²) in [6.45, 7) is 4.21. The first-order valence-corrected chi connectivity index (χ1v) is 8.93. The molecule has 1 N–H and O–H groups in total. The highest BCUT2D eigenvalue weighted by atomic mass is 79.9. The molecule has 1 aromatic heterocycles. The molecule has 3 rings (SSSR count). The van der Waals surface area contributed by atoms with Gasteiger partial charge in [0.05, 0.1) is 0 Å². The van der Waals surface area contributed by atoms with Gasteiger partial charge in [0.2, 0.25) is 0 Å². The Labute approximate surface area is 135 Å². The Bertz CT molecular complexity index is 493. The molecule has 1 heterocycles. The first-order valence-electron chi connectivity index (χ1n) is 8.14. The van der Waals surface area contributed by atoms with Gasteiger partial charge >= 0.3 is 0 Å². The van der Waals surface area contributed by atoms with Crippen LogP contribution in [0.2, 0.25) is 0 Å². The van der Waals surface area contributed by atoms with Crippen LogP contribution in [0, 0.1) is 17.8 Å². The number of halogens is 1. The second kappa shape index (κ2) is 6.51. The van der Waals surface area contributed by atoms with Gasteiger partial charge in [-0.3, -0.25) is 0 Å². The summed E-state index contributed by atoms with van der Waals surface area (Å²) in [5.41, 5.74) is 0. The van der Waals surface area contributed by atoms with Gasteiger partial charge in [0, 0.05) is 20.1 Å². The second-order valence-electron chi connectivity index (χ2n) is 6.60. The van der Waals surface area contributed by atoms with E-state index in [0.29, 0.717) is 0 Å². The molecule has 21 heavy (non-hydrogen) atoms. The van der Waals surface area contributed by atoms with Crippen molar-refractivity contribution < 1.29 is 0 Å². The smallest absolute Gasteiger partial charge is 0.148 e. The minimum absolute atomic E-state index is 0.850. The molecule has 0 amide bonds. The summed E-state index contributed by atoms with van der Waals surface area (Å²) in [5.74, 6) is 4.72. The number of hydrogen-bond acceptors (Lipinski definition) is 4. The van der Waals surface area contributed by atoms with Gasteiger partial charge in [-0.05, 0) is 59.4 Å². The molecule has 1 aromatic rings. The van der Waals surface area contributed by atoms with E-state index < -0.39 is 0 Å². The van der Waals surface area contributed by atoms with E-state index in [1.165, 1.54) is 25.7 Å². The first kappa shape index (κ1) is 15.1. The standard InChI is InChI=1S/C16H25BrN4/c1-3-6-18-15-14(17)16(20-10-19-15)21(2)9-13-8-11-4-5-12(13)7-11/h10-13H,3-9H2,1-2H3,(H,18,19,20). The molecule has 0 radical (unpaired) electrons. The van der Waals surface area contributed by atoms with Gasteiger partial charge in [0.15, 0.2) is 0 Å². The number of aromatic nitrogens is 2. The van der Waals surface area contributed by atoms with Crippen molar-refractivity contribution in [3.63, 3.8) is 0 Å². The monoisotopic (exact) mass is 352 g/mol. The Kier molecular flexibility index (Phi) is 4.67. The molecule has 2 aliphatic rings. The van der Waals surface area contributed by atoms with Crippen LogP contribution in [0.5, 0.6) is 0 Å². The van der Waals surface area contributed by atoms with Crippen LogP contribution in [-0.2, 0) is 0 Å². The molecule has 0 saturated heterocycles. The summed E-state index contributed by atoms with van der Waals surface area (Å²) >= 11 is 3.67. The summed E-state index contributed by atoms with van der Waals surface area (Å²) in [7, 11) is 2.16. The third kappa shape index (κ3) is 3.17. The minimum Gasteiger partial charge on any atom is -0.369 e. The van der Waals surface area contributed by atoms with Crippen molar-refractivity contribution in [2.75, 3.05) is 30.4 Å². The fourth-order valence-corrected chi connectivity index (χ4v) is 4.68. The fraction of sp³-hybridized carbons (Fsp3) is 0.750. The molecule has 0 aromatic carbocycles. The molecule has 4 nitrogen and oxygen atoms in total. The zero-order valence-corrected chi connectivity index (χ0v) is 14.6. The average Bonchev–Trinajstić information content (AvgIpc) is 3.08. The van der Waals surface area contributed by atoms with Gasteiger partial charge in [0.1, 0.15) is 22.4 Å². The summed E-state index contributed by atoms with van der Waals surface area (Å²) < 4.78 is 0.990. The van der Waals surface area contributed by atoms with E-state index in [4.69, 9.17) is 0 Å². The van der Waals surface area contributed by atoms with E-state index in [9.17, 15) is 0 Å². The predicted molar refractivity (Wildman–Crippen MR) is 90.7 cm³/mol. The molecule has 2 saturated carbocycles. The van der Waals surface area contributed by atoms with Crippen LogP contribution in [-0.4, -0.2) is 30.1 Å². The normalized spacial score (nSPS) is 27.1. The van der Waals surface area contributed by atoms with Crippen LogP contribution in [0.1, 0.15) is 39.0 Å². The Balaban J connectivity index is 1.68. The van der Waals surface area contributed by atoms with Gasteiger partial charge in [-0.1, -0.05) is 13.3 Å². The van der Waals surface area contributed by atoms with Crippen LogP contribution in [0.3, 0.4) is 0 Å². The van der Waals surface area contributed by atoms with Crippen molar-refractivity contribution >= 4 is 27.6 Å². The highest BCUT2D eigenvalue weighted by molar-refractivity contribution is 9.10. The van der Waals surface area contributed by atoms with Gasteiger partial charge in [-0.15, -0.1) is 0 Å². The van der Waals surface area contributed by atoms with Gasteiger partial charge in [0.25, 0.3) is 0 Å². The number of fused-ring (bicyclic) bond motifs is 2. The molecular weight excluding hydrogens is 328 g/mol. The molecule has 2 fully saturated rings. The lowest BCUT2D eigenvalue weighted by molar-refractivity contribution is 0.337. The molecule has 3 atom stereocenters. The van der Waals surface area contributed by atoms with Crippen LogP contribution < -0.4 is 10.2 Å². The van der Waals surface area contributed by atoms with Crippen LogP contribution in [0.4, 0.5) is 11.6 Å². The fourth-order valence-electron chi connectivity index (χ4n) is 4.03. The van der Waals surface area contributed by atoms with Gasteiger partial charge in [-0.2, -0.15) is 0 Å². The predicted octanol–water partition coefficient (Wildman–Crippen LogP) is 3.93. The zero-order valence-electron chi connectivity index (χ0n) is 13.0. The van der Waals surface area contributed by atoms with Crippen molar-refractivity contribution in [3.8, 4) is 0 Å². The van der Waals surface area contributed by atoms with E-state index in [0.717, 1.165) is 53.4 Å². The number of nitrogens with zero attached hydrogens (tertiary/aromatic N) is 3. The third-order valence-electron chi connectivity index (χ3n) is 5.07. The number of hydrogen-bond donors (Lipinski definition) is 1. The van der Waals surface area contributed by atoms with Gasteiger partial charge in [-0.25, -0.2) is 9.97 Å². The molecular formula is C16H25BrN4. The molecule has 5 heteroatoms. The Hall–Kier alpha value is -0.840. The Morgan fingerprint density at radius 2 is 2.19 bits per heavy atom. The molecule has 116 valence electrons. The number of anilines is 2. The van der Waals surface area contributed by atoms with E-state index >= 15 is 0 Å². The number of rotatable bonds is 6. The van der Waals surface area contributed by atoms with E-state index in [1.54, 1.807) is 6.33 Å². The van der Waals surface area contributed by atoms with Crippen LogP contribution >= 0.6 is 15.9 Å². The second-order valence-corrected chi connectivity index (χ2v) is 7.40. The van der Waals surface area contributed by atoms with E-state index in [2.05, 4.69) is 50.1 Å².